The summed E-state index contributed by atoms with van der Waals surface area (Å²) in [6.07, 6.45) is 17.4. The third-order valence-corrected chi connectivity index (χ3v) is 10.1. The molecule has 0 aromatic heterocycles. The molecular formula is C44H56O4. The van der Waals surface area contributed by atoms with E-state index in [4.69, 9.17) is 10.2 Å². The van der Waals surface area contributed by atoms with E-state index in [0.29, 0.717) is 5.56 Å². The Morgan fingerprint density at radius 1 is 0.771 bits per heavy atom. The highest BCUT2D eigenvalue weighted by Gasteiger charge is 2.37. The summed E-state index contributed by atoms with van der Waals surface area (Å²) in [7, 11) is 0. The summed E-state index contributed by atoms with van der Waals surface area (Å²) in [5.74, 6) is -1.82. The molecular weight excluding hydrogens is 592 g/mol. The van der Waals surface area contributed by atoms with Crippen molar-refractivity contribution < 1.29 is 19.8 Å². The fraction of sp³-hybridized carbons (Fsp3) is 0.409. The Bertz CT molecular complexity index is 1700. The van der Waals surface area contributed by atoms with Crippen LogP contribution in [0.25, 0.3) is 5.57 Å². The van der Waals surface area contributed by atoms with E-state index in [9.17, 15) is 9.59 Å². The molecule has 4 rings (SSSR count). The van der Waals surface area contributed by atoms with Crippen LogP contribution in [-0.2, 0) is 15.6 Å². The monoisotopic (exact) mass is 648 g/mol. The first-order chi connectivity index (χ1) is 22.2. The molecule has 0 unspecified atom stereocenters. The zero-order valence-corrected chi connectivity index (χ0v) is 30.9. The minimum absolute atomic E-state index is 0.154. The second-order valence-corrected chi connectivity index (χ2v) is 15.6. The number of carbonyl (C=O) groups is 2. The molecule has 48 heavy (non-hydrogen) atoms. The summed E-state index contributed by atoms with van der Waals surface area (Å²) in [5.41, 5.74) is 12.9. The third kappa shape index (κ3) is 9.69. The van der Waals surface area contributed by atoms with Crippen LogP contribution in [0.4, 0.5) is 0 Å². The highest BCUT2D eigenvalue weighted by atomic mass is 16.4. The number of rotatable bonds is 8. The SMILES string of the molecule is C=C(c1ccc(C(=O)O)cc1)c1cc2c(cc1C)C(C)(C)CCC2(C)C.CC1=C(/C=C/C(C)=C\C=C\C(C)=C\C(=O)O)C(C)(C)CCC1. The van der Waals surface area contributed by atoms with Gasteiger partial charge in [0.05, 0.1) is 5.56 Å². The van der Waals surface area contributed by atoms with Gasteiger partial charge in [0.15, 0.2) is 0 Å². The van der Waals surface area contributed by atoms with E-state index >= 15 is 0 Å². The molecule has 0 bridgehead atoms. The average molecular weight is 649 g/mol. The summed E-state index contributed by atoms with van der Waals surface area (Å²) in [6, 6.07) is 11.6. The first kappa shape index (κ1) is 38.3. The molecule has 0 radical (unpaired) electrons. The molecule has 0 heterocycles. The van der Waals surface area contributed by atoms with Gasteiger partial charge in [0.25, 0.3) is 0 Å². The minimum atomic E-state index is -0.912. The lowest BCUT2D eigenvalue weighted by atomic mass is 9.62. The number of hydrogen-bond donors (Lipinski definition) is 2. The van der Waals surface area contributed by atoms with Crippen molar-refractivity contribution in [3.05, 3.63) is 135 Å². The summed E-state index contributed by atoms with van der Waals surface area (Å²) in [6.45, 7) is 26.5. The van der Waals surface area contributed by atoms with Crippen molar-refractivity contribution in [2.75, 3.05) is 0 Å². The number of aryl methyl sites for hydroxylation is 1. The Morgan fingerprint density at radius 2 is 1.33 bits per heavy atom. The van der Waals surface area contributed by atoms with Crippen molar-refractivity contribution in [3.63, 3.8) is 0 Å². The first-order valence-electron chi connectivity index (χ1n) is 17.1. The highest BCUT2D eigenvalue weighted by molar-refractivity contribution is 5.89. The molecule has 0 aliphatic heterocycles. The standard InChI is InChI=1S/C24H28O2.C20H28O2/c1-15-13-20-21(24(5,6)12-11-23(20,3)4)14-19(15)16(2)17-7-9-18(10-8-17)22(25)26;1-15(8-6-9-16(2)14-19(21)22)11-12-18-17(3)10-7-13-20(18,4)5/h7-10,13-14H,2,11-12H2,1,3-6H3,(H,25,26);6,8-9,11-12,14H,7,10,13H2,1-5H3,(H,21,22)/b;9-6+,12-11+,15-8-,16-14+. The van der Waals surface area contributed by atoms with Gasteiger partial charge in [-0.1, -0.05) is 114 Å². The number of fused-ring (bicyclic) bond motifs is 1. The van der Waals surface area contributed by atoms with Crippen molar-refractivity contribution in [1.29, 1.82) is 0 Å². The molecule has 2 N–H and O–H groups in total. The molecule has 0 saturated heterocycles. The van der Waals surface area contributed by atoms with Crippen molar-refractivity contribution in [1.82, 2.24) is 0 Å². The van der Waals surface area contributed by atoms with Crippen LogP contribution in [0.1, 0.15) is 133 Å². The van der Waals surface area contributed by atoms with Gasteiger partial charge in [-0.15, -0.1) is 0 Å². The van der Waals surface area contributed by atoms with Gasteiger partial charge in [0.1, 0.15) is 0 Å². The van der Waals surface area contributed by atoms with E-state index in [2.05, 4.69) is 93.2 Å². The van der Waals surface area contributed by atoms with E-state index < -0.39 is 11.9 Å². The Morgan fingerprint density at radius 3 is 1.88 bits per heavy atom. The van der Waals surface area contributed by atoms with Crippen LogP contribution in [0.15, 0.2) is 102 Å². The summed E-state index contributed by atoms with van der Waals surface area (Å²) in [5, 5.41) is 17.7. The van der Waals surface area contributed by atoms with Crippen LogP contribution in [0.2, 0.25) is 0 Å². The van der Waals surface area contributed by atoms with Crippen LogP contribution in [0.5, 0.6) is 0 Å². The highest BCUT2D eigenvalue weighted by Crippen LogP contribution is 2.47. The number of benzene rings is 2. The van der Waals surface area contributed by atoms with Crippen LogP contribution in [0, 0.1) is 12.3 Å². The number of hydrogen-bond acceptors (Lipinski definition) is 2. The third-order valence-electron chi connectivity index (χ3n) is 10.1. The number of carboxylic acid groups (broad SMARTS) is 2. The van der Waals surface area contributed by atoms with Gasteiger partial charge in [-0.2, -0.15) is 0 Å². The molecule has 4 nitrogen and oxygen atoms in total. The maximum Gasteiger partial charge on any atom is 0.335 e. The van der Waals surface area contributed by atoms with Crippen LogP contribution in [0.3, 0.4) is 0 Å². The summed E-state index contributed by atoms with van der Waals surface area (Å²) < 4.78 is 0. The summed E-state index contributed by atoms with van der Waals surface area (Å²) in [4.78, 5) is 21.6. The Labute approximate surface area is 289 Å². The van der Waals surface area contributed by atoms with Gasteiger partial charge < -0.3 is 10.2 Å². The lowest BCUT2D eigenvalue weighted by Gasteiger charge is -2.42. The zero-order chi connectivity index (χ0) is 36.0. The molecule has 4 heteroatoms. The number of aromatic carboxylic acids is 1. The molecule has 0 spiro atoms. The van der Waals surface area contributed by atoms with Gasteiger partial charge in [0, 0.05) is 6.08 Å². The van der Waals surface area contributed by atoms with Gasteiger partial charge in [0.2, 0.25) is 0 Å². The van der Waals surface area contributed by atoms with Crippen molar-refractivity contribution in [2.24, 2.45) is 5.41 Å². The van der Waals surface area contributed by atoms with Crippen molar-refractivity contribution in [2.45, 2.75) is 112 Å². The average Bonchev–Trinajstić information content (AvgIpc) is 2.98. The van der Waals surface area contributed by atoms with Crippen LogP contribution in [-0.4, -0.2) is 22.2 Å². The maximum absolute atomic E-state index is 11.1. The Hall–Kier alpha value is -4.18. The van der Waals surface area contributed by atoms with E-state index in [1.54, 1.807) is 25.1 Å². The fourth-order valence-electron chi connectivity index (χ4n) is 6.89. The van der Waals surface area contributed by atoms with Crippen molar-refractivity contribution in [3.8, 4) is 0 Å². The van der Waals surface area contributed by atoms with Crippen molar-refractivity contribution >= 4 is 17.5 Å². The van der Waals surface area contributed by atoms with Gasteiger partial charge in [-0.05, 0) is 133 Å². The predicted molar refractivity (Wildman–Crippen MR) is 202 cm³/mol. The first-order valence-corrected chi connectivity index (χ1v) is 17.1. The van der Waals surface area contributed by atoms with Crippen LogP contribution >= 0.6 is 0 Å². The molecule has 2 aromatic rings. The quantitative estimate of drug-likeness (QED) is 0.221. The zero-order valence-electron chi connectivity index (χ0n) is 30.9. The van der Waals surface area contributed by atoms with E-state index in [0.717, 1.165) is 27.8 Å². The smallest absolute Gasteiger partial charge is 0.335 e. The van der Waals surface area contributed by atoms with Crippen LogP contribution < -0.4 is 0 Å². The number of allylic oxidation sites excluding steroid dienone is 9. The van der Waals surface area contributed by atoms with Gasteiger partial charge in [-0.25, -0.2) is 9.59 Å². The van der Waals surface area contributed by atoms with E-state index in [-0.39, 0.29) is 16.2 Å². The maximum atomic E-state index is 11.1. The molecule has 0 saturated carbocycles. The Kier molecular flexibility index (Phi) is 12.2. The topological polar surface area (TPSA) is 74.6 Å². The van der Waals surface area contributed by atoms with Gasteiger partial charge in [-0.3, -0.25) is 0 Å². The molecule has 256 valence electrons. The normalized spacial score (nSPS) is 18.7. The lowest BCUT2D eigenvalue weighted by molar-refractivity contribution is -0.131. The Balaban J connectivity index is 0.000000265. The lowest BCUT2D eigenvalue weighted by Crippen LogP contribution is -2.34. The van der Waals surface area contributed by atoms with E-state index in [1.165, 1.54) is 66.0 Å². The minimum Gasteiger partial charge on any atom is -0.478 e. The molecule has 2 aliphatic carbocycles. The molecule has 0 atom stereocenters. The molecule has 2 aromatic carbocycles. The largest absolute Gasteiger partial charge is 0.478 e. The second kappa shape index (κ2) is 15.4. The molecule has 0 fully saturated rings. The fourth-order valence-corrected chi connectivity index (χ4v) is 6.89. The number of carboxylic acids is 2. The van der Waals surface area contributed by atoms with E-state index in [1.807, 2.05) is 24.3 Å². The van der Waals surface area contributed by atoms with Gasteiger partial charge >= 0.3 is 11.9 Å². The number of aliphatic carboxylic acids is 1. The second-order valence-electron chi connectivity index (χ2n) is 15.6. The summed E-state index contributed by atoms with van der Waals surface area (Å²) >= 11 is 0. The molecule has 2 aliphatic rings. The predicted octanol–water partition coefficient (Wildman–Crippen LogP) is 11.7. The molecule has 0 amide bonds.